The van der Waals surface area contributed by atoms with Crippen LogP contribution in [0.5, 0.6) is 23.0 Å². The van der Waals surface area contributed by atoms with E-state index in [0.29, 0.717) is 0 Å². The van der Waals surface area contributed by atoms with E-state index in [0.717, 1.165) is 67.6 Å². The van der Waals surface area contributed by atoms with Gasteiger partial charge in [-0.1, -0.05) is 133 Å². The number of aromatic nitrogens is 1. The van der Waals surface area contributed by atoms with Crippen LogP contribution in [0.25, 0.3) is 49.7 Å². The maximum Gasteiger partial charge on any atom is 0.132 e. The predicted octanol–water partition coefficient (Wildman–Crippen LogP) is 12.7. The number of benzene rings is 8. The number of rotatable bonds is 3. The molecule has 0 radical (unpaired) electrons. The number of hydrogen-bond donors (Lipinski definition) is 0. The Labute approximate surface area is 301 Å². The highest BCUT2D eigenvalue weighted by molar-refractivity contribution is 6.10. The van der Waals surface area contributed by atoms with Crippen molar-refractivity contribution in [2.24, 2.45) is 0 Å². The van der Waals surface area contributed by atoms with Gasteiger partial charge in [0.05, 0.1) is 16.4 Å². The molecule has 1 aromatic heterocycles. The lowest BCUT2D eigenvalue weighted by atomic mass is 9.62. The van der Waals surface area contributed by atoms with Gasteiger partial charge in [-0.15, -0.1) is 0 Å². The van der Waals surface area contributed by atoms with E-state index in [9.17, 15) is 0 Å². The molecule has 0 unspecified atom stereocenters. The zero-order chi connectivity index (χ0) is 34.2. The number of ether oxygens (including phenoxy) is 2. The Morgan fingerprint density at radius 1 is 0.327 bits per heavy atom. The molecule has 11 rings (SSSR count). The van der Waals surface area contributed by atoms with Gasteiger partial charge >= 0.3 is 0 Å². The molecule has 9 aromatic rings. The van der Waals surface area contributed by atoms with Gasteiger partial charge < -0.3 is 14.0 Å². The van der Waals surface area contributed by atoms with E-state index in [2.05, 4.69) is 193 Å². The van der Waals surface area contributed by atoms with Gasteiger partial charge in [-0.05, 0) is 76.9 Å². The SMILES string of the molecule is c1ccc(-c2ccc3c(c2)C2(c4ccccc4Oc4ccccc42)c2ccc(-c4ccc5c6ccccc6n(-c6ccccc6)c5c4)cc2O3)cc1. The lowest BCUT2D eigenvalue weighted by Crippen LogP contribution is -2.36. The lowest BCUT2D eigenvalue weighted by molar-refractivity contribution is 0.399. The Kier molecular flexibility index (Phi) is 6.17. The number of para-hydroxylation sites is 4. The van der Waals surface area contributed by atoms with E-state index in [1.807, 2.05) is 0 Å². The van der Waals surface area contributed by atoms with E-state index in [-0.39, 0.29) is 0 Å². The van der Waals surface area contributed by atoms with Crippen LogP contribution in [-0.2, 0) is 5.41 Å². The Balaban J connectivity index is 1.16. The molecule has 0 bridgehead atoms. The van der Waals surface area contributed by atoms with Crippen molar-refractivity contribution in [1.29, 1.82) is 0 Å². The maximum absolute atomic E-state index is 6.97. The zero-order valence-electron chi connectivity index (χ0n) is 28.2. The van der Waals surface area contributed by atoms with Gasteiger partial charge in [0.2, 0.25) is 0 Å². The zero-order valence-corrected chi connectivity index (χ0v) is 28.2. The second-order valence-electron chi connectivity index (χ2n) is 13.7. The maximum atomic E-state index is 6.97. The van der Waals surface area contributed by atoms with Crippen molar-refractivity contribution in [2.45, 2.75) is 5.41 Å². The van der Waals surface area contributed by atoms with Gasteiger partial charge in [0.15, 0.2) is 0 Å². The van der Waals surface area contributed by atoms with Crippen LogP contribution < -0.4 is 9.47 Å². The van der Waals surface area contributed by atoms with Gasteiger partial charge in [-0.2, -0.15) is 0 Å². The topological polar surface area (TPSA) is 23.4 Å². The molecule has 3 heterocycles. The molecule has 52 heavy (non-hydrogen) atoms. The average molecular weight is 666 g/mol. The summed E-state index contributed by atoms with van der Waals surface area (Å²) in [7, 11) is 0. The summed E-state index contributed by atoms with van der Waals surface area (Å²) in [5.41, 5.74) is 11.8. The lowest BCUT2D eigenvalue weighted by Gasteiger charge is -2.45. The number of nitrogens with zero attached hydrogens (tertiary/aromatic N) is 1. The minimum Gasteiger partial charge on any atom is -0.457 e. The molecule has 0 aliphatic carbocycles. The molecule has 0 N–H and O–H groups in total. The predicted molar refractivity (Wildman–Crippen MR) is 210 cm³/mol. The summed E-state index contributed by atoms with van der Waals surface area (Å²) in [5, 5.41) is 2.47. The van der Waals surface area contributed by atoms with Gasteiger partial charge in [-0.3, -0.25) is 0 Å². The first-order valence-corrected chi connectivity index (χ1v) is 17.8. The molecule has 0 saturated carbocycles. The van der Waals surface area contributed by atoms with Crippen molar-refractivity contribution >= 4 is 21.8 Å². The van der Waals surface area contributed by atoms with Crippen molar-refractivity contribution in [2.75, 3.05) is 0 Å². The number of fused-ring (bicyclic) bond motifs is 11. The van der Waals surface area contributed by atoms with Crippen LogP contribution >= 0.6 is 0 Å². The fraction of sp³-hybridized carbons (Fsp3) is 0.0204. The quantitative estimate of drug-likeness (QED) is 0.187. The average Bonchev–Trinajstić information content (AvgIpc) is 3.55. The molecular formula is C49H31NO2. The van der Waals surface area contributed by atoms with Crippen LogP contribution in [0.4, 0.5) is 0 Å². The summed E-state index contributed by atoms with van der Waals surface area (Å²) in [6.07, 6.45) is 0. The van der Waals surface area contributed by atoms with Gasteiger partial charge in [0, 0.05) is 38.7 Å². The van der Waals surface area contributed by atoms with Crippen molar-refractivity contribution in [1.82, 2.24) is 4.57 Å². The summed E-state index contributed by atoms with van der Waals surface area (Å²) >= 11 is 0. The first kappa shape index (κ1) is 28.9. The molecule has 1 spiro atoms. The first-order chi connectivity index (χ1) is 25.8. The summed E-state index contributed by atoms with van der Waals surface area (Å²) in [5.74, 6) is 3.39. The fourth-order valence-corrected chi connectivity index (χ4v) is 8.66. The smallest absolute Gasteiger partial charge is 0.132 e. The molecule has 0 saturated heterocycles. The monoisotopic (exact) mass is 665 g/mol. The highest BCUT2D eigenvalue weighted by Crippen LogP contribution is 2.62. The summed E-state index contributed by atoms with van der Waals surface area (Å²) < 4.78 is 16.0. The van der Waals surface area contributed by atoms with Gasteiger partial charge in [0.1, 0.15) is 23.0 Å². The van der Waals surface area contributed by atoms with Crippen LogP contribution in [0.2, 0.25) is 0 Å². The Morgan fingerprint density at radius 3 is 1.65 bits per heavy atom. The second kappa shape index (κ2) is 11.1. The molecule has 3 nitrogen and oxygen atoms in total. The largest absolute Gasteiger partial charge is 0.457 e. The van der Waals surface area contributed by atoms with Crippen molar-refractivity contribution in [3.05, 3.63) is 210 Å². The number of hydrogen-bond acceptors (Lipinski definition) is 2. The van der Waals surface area contributed by atoms with Crippen LogP contribution in [0, 0.1) is 0 Å². The molecule has 3 heteroatoms. The van der Waals surface area contributed by atoms with E-state index >= 15 is 0 Å². The van der Waals surface area contributed by atoms with E-state index in [1.54, 1.807) is 0 Å². The van der Waals surface area contributed by atoms with Crippen LogP contribution in [0.15, 0.2) is 188 Å². The highest BCUT2D eigenvalue weighted by atomic mass is 16.5. The van der Waals surface area contributed by atoms with Crippen molar-refractivity contribution in [3.8, 4) is 50.9 Å². The normalized spacial score (nSPS) is 13.5. The Hall–Kier alpha value is -6.84. The molecule has 0 fully saturated rings. The van der Waals surface area contributed by atoms with Crippen molar-refractivity contribution in [3.63, 3.8) is 0 Å². The third kappa shape index (κ3) is 4.08. The molecule has 244 valence electrons. The first-order valence-electron chi connectivity index (χ1n) is 17.8. The minimum atomic E-state index is -0.665. The fourth-order valence-electron chi connectivity index (χ4n) is 8.66. The third-order valence-corrected chi connectivity index (χ3v) is 10.9. The molecule has 2 aliphatic heterocycles. The molecule has 0 atom stereocenters. The minimum absolute atomic E-state index is 0.665. The van der Waals surface area contributed by atoms with E-state index in [4.69, 9.17) is 9.47 Å². The van der Waals surface area contributed by atoms with Gasteiger partial charge in [0.25, 0.3) is 0 Å². The van der Waals surface area contributed by atoms with Crippen LogP contribution in [0.3, 0.4) is 0 Å². The third-order valence-electron chi connectivity index (χ3n) is 10.9. The highest BCUT2D eigenvalue weighted by Gasteiger charge is 2.50. The van der Waals surface area contributed by atoms with Crippen molar-refractivity contribution < 1.29 is 9.47 Å². The molecule has 8 aromatic carbocycles. The van der Waals surface area contributed by atoms with Gasteiger partial charge in [-0.25, -0.2) is 0 Å². The van der Waals surface area contributed by atoms with E-state index in [1.165, 1.54) is 27.4 Å². The van der Waals surface area contributed by atoms with E-state index < -0.39 is 5.41 Å². The van der Waals surface area contributed by atoms with Crippen LogP contribution in [0.1, 0.15) is 22.3 Å². The second-order valence-corrected chi connectivity index (χ2v) is 13.7. The van der Waals surface area contributed by atoms with Crippen LogP contribution in [-0.4, -0.2) is 4.57 Å². The standard InChI is InChI=1S/C49H31NO2/c1-3-13-32(14-4-1)33-25-28-47-42(29-33)49(39-18-8-11-21-45(39)51-46-22-12-9-19-40(46)49)41-27-24-35(31-48(41)52-47)34-23-26-38-37-17-7-10-20-43(37)50(44(38)30-34)36-15-5-2-6-16-36/h1-31H. The summed E-state index contributed by atoms with van der Waals surface area (Å²) in [4.78, 5) is 0. The Bertz CT molecular complexity index is 2810. The molecular weight excluding hydrogens is 635 g/mol. The molecule has 0 amide bonds. The Morgan fingerprint density at radius 2 is 0.865 bits per heavy atom. The summed E-state index contributed by atoms with van der Waals surface area (Å²) in [6.45, 7) is 0. The molecule has 2 aliphatic rings. The summed E-state index contributed by atoms with van der Waals surface area (Å²) in [6, 6.07) is 67.0.